The molecule has 0 amide bonds. The van der Waals surface area contributed by atoms with Gasteiger partial charge in [0.05, 0.1) is 0 Å². The number of nitrogens with zero attached hydrogens (tertiary/aromatic N) is 3. The van der Waals surface area contributed by atoms with Crippen LogP contribution in [-0.2, 0) is 0 Å². The van der Waals surface area contributed by atoms with E-state index in [1.165, 1.54) is 37.8 Å². The van der Waals surface area contributed by atoms with Crippen LogP contribution >= 0.6 is 0 Å². The first-order chi connectivity index (χ1) is 15.6. The Hall–Kier alpha value is -2.68. The highest BCUT2D eigenvalue weighted by Gasteiger charge is 2.22. The molecular weight excluding hydrogens is 409 g/mol. The van der Waals surface area contributed by atoms with Crippen LogP contribution in [0.15, 0.2) is 18.2 Å². The molecule has 1 heterocycles. The molecule has 9 heteroatoms. The first kappa shape index (κ1) is 22.5. The fourth-order valence-corrected chi connectivity index (χ4v) is 4.61. The minimum Gasteiger partial charge on any atom is -0.505 e. The second-order valence-corrected chi connectivity index (χ2v) is 9.03. The molecule has 2 aliphatic rings. The van der Waals surface area contributed by atoms with Crippen molar-refractivity contribution in [3.05, 3.63) is 24.0 Å². The maximum Gasteiger partial charge on any atom is 0.233 e. The number of phenolic OH excluding ortho intramolecular Hbond substituents is 1. The van der Waals surface area contributed by atoms with Gasteiger partial charge in [0.15, 0.2) is 11.6 Å². The maximum atomic E-state index is 13.8. The Morgan fingerprint density at radius 3 is 2.03 bits per heavy atom. The molecule has 1 aromatic heterocycles. The lowest BCUT2D eigenvalue weighted by atomic mass is 9.86. The highest BCUT2D eigenvalue weighted by molar-refractivity contribution is 5.57. The van der Waals surface area contributed by atoms with Crippen LogP contribution in [0.5, 0.6) is 5.75 Å². The molecule has 0 aliphatic heterocycles. The van der Waals surface area contributed by atoms with Gasteiger partial charge in [-0.25, -0.2) is 4.39 Å². The highest BCUT2D eigenvalue weighted by Crippen LogP contribution is 2.27. The molecular formula is C23H34FN7O. The molecule has 8 nitrogen and oxygen atoms in total. The summed E-state index contributed by atoms with van der Waals surface area (Å²) in [4.78, 5) is 13.7. The van der Waals surface area contributed by atoms with Crippen LogP contribution in [0.2, 0.25) is 0 Å². The van der Waals surface area contributed by atoms with Crippen LogP contribution in [0.4, 0.5) is 27.9 Å². The normalized spacial score (nSPS) is 22.2. The summed E-state index contributed by atoms with van der Waals surface area (Å²) in [5.74, 6) is 0.869. The highest BCUT2D eigenvalue weighted by atomic mass is 19.1. The van der Waals surface area contributed by atoms with Crippen molar-refractivity contribution >= 4 is 23.5 Å². The van der Waals surface area contributed by atoms with Crippen LogP contribution in [0.25, 0.3) is 0 Å². The SMILES string of the molecule is NCC1CCC(Nc2nc(Nc3ccc(O)c(F)c3)nc(NC3CCCCCC3)n2)CC1. The quantitative estimate of drug-likeness (QED) is 0.313. The van der Waals surface area contributed by atoms with E-state index in [1.54, 1.807) is 6.07 Å². The van der Waals surface area contributed by atoms with Gasteiger partial charge in [-0.1, -0.05) is 25.7 Å². The molecule has 1 aromatic carbocycles. The zero-order valence-corrected chi connectivity index (χ0v) is 18.5. The van der Waals surface area contributed by atoms with Crippen LogP contribution in [0.3, 0.4) is 0 Å². The van der Waals surface area contributed by atoms with Gasteiger partial charge in [0.1, 0.15) is 0 Å². The van der Waals surface area contributed by atoms with E-state index in [0.29, 0.717) is 41.5 Å². The largest absolute Gasteiger partial charge is 0.505 e. The zero-order valence-electron chi connectivity index (χ0n) is 18.5. The summed E-state index contributed by atoms with van der Waals surface area (Å²) in [5, 5.41) is 19.4. The van der Waals surface area contributed by atoms with Crippen LogP contribution in [0.1, 0.15) is 64.2 Å². The molecule has 4 rings (SSSR count). The fraction of sp³-hybridized carbons (Fsp3) is 0.609. The molecule has 2 fully saturated rings. The maximum absolute atomic E-state index is 13.8. The summed E-state index contributed by atoms with van der Waals surface area (Å²) in [6.07, 6.45) is 11.4. The molecule has 2 aromatic rings. The summed E-state index contributed by atoms with van der Waals surface area (Å²) < 4.78 is 13.8. The van der Waals surface area contributed by atoms with Gasteiger partial charge < -0.3 is 26.8 Å². The van der Waals surface area contributed by atoms with Gasteiger partial charge in [-0.3, -0.25) is 0 Å². The number of nitrogens with one attached hydrogen (secondary N) is 3. The van der Waals surface area contributed by atoms with Gasteiger partial charge in [-0.05, 0) is 63.1 Å². The predicted octanol–water partition coefficient (Wildman–Crippen LogP) is 4.52. The number of anilines is 4. The Kier molecular flexibility index (Phi) is 7.57. The number of aromatic hydroxyl groups is 1. The van der Waals surface area contributed by atoms with Gasteiger partial charge in [-0.2, -0.15) is 15.0 Å². The zero-order chi connectivity index (χ0) is 22.3. The second-order valence-electron chi connectivity index (χ2n) is 9.03. The average molecular weight is 444 g/mol. The number of benzene rings is 1. The van der Waals surface area contributed by atoms with Gasteiger partial charge in [0.25, 0.3) is 0 Å². The minimum absolute atomic E-state index is 0.296. The third-order valence-electron chi connectivity index (χ3n) is 6.54. The molecule has 0 unspecified atom stereocenters. The minimum atomic E-state index is -0.698. The van der Waals surface area contributed by atoms with Crippen molar-refractivity contribution in [1.82, 2.24) is 15.0 Å². The Morgan fingerprint density at radius 1 is 0.844 bits per heavy atom. The second kappa shape index (κ2) is 10.8. The summed E-state index contributed by atoms with van der Waals surface area (Å²) in [6, 6.07) is 4.75. The molecule has 0 bridgehead atoms. The Bertz CT molecular complexity index is 881. The molecule has 0 radical (unpaired) electrons. The summed E-state index contributed by atoms with van der Waals surface area (Å²) in [6.45, 7) is 0.741. The molecule has 0 saturated heterocycles. The Balaban J connectivity index is 1.52. The van der Waals surface area contributed by atoms with Crippen molar-refractivity contribution < 1.29 is 9.50 Å². The molecule has 2 aliphatic carbocycles. The standard InChI is InChI=1S/C23H34FN7O/c24-19-13-18(11-12-20(19)32)28-23-30-21(26-16-5-3-1-2-4-6-16)29-22(31-23)27-17-9-7-15(14-25)8-10-17/h11-13,15-17,32H,1-10,14,25H2,(H3,26,27,28,29,30,31). The monoisotopic (exact) mass is 443 g/mol. The van der Waals surface area contributed by atoms with Crippen molar-refractivity contribution in [3.8, 4) is 5.75 Å². The number of nitrogens with two attached hydrogens (primary N) is 1. The lowest BCUT2D eigenvalue weighted by Crippen LogP contribution is -2.30. The smallest absolute Gasteiger partial charge is 0.233 e. The first-order valence-corrected chi connectivity index (χ1v) is 11.8. The lowest BCUT2D eigenvalue weighted by Gasteiger charge is -2.28. The topological polar surface area (TPSA) is 121 Å². The third kappa shape index (κ3) is 6.18. The molecule has 0 spiro atoms. The van der Waals surface area contributed by atoms with Gasteiger partial charge in [0, 0.05) is 23.8 Å². The third-order valence-corrected chi connectivity index (χ3v) is 6.54. The number of hydrogen-bond donors (Lipinski definition) is 5. The first-order valence-electron chi connectivity index (χ1n) is 11.8. The van der Waals surface area contributed by atoms with Gasteiger partial charge >= 0.3 is 0 Å². The van der Waals surface area contributed by atoms with E-state index in [0.717, 1.165) is 45.1 Å². The van der Waals surface area contributed by atoms with E-state index in [-0.39, 0.29) is 0 Å². The summed E-state index contributed by atoms with van der Waals surface area (Å²) >= 11 is 0. The predicted molar refractivity (Wildman–Crippen MR) is 125 cm³/mol. The van der Waals surface area contributed by atoms with Crippen molar-refractivity contribution in [2.45, 2.75) is 76.3 Å². The molecule has 32 heavy (non-hydrogen) atoms. The number of halogens is 1. The molecule has 6 N–H and O–H groups in total. The van der Waals surface area contributed by atoms with E-state index >= 15 is 0 Å². The van der Waals surface area contributed by atoms with Gasteiger partial charge in [0.2, 0.25) is 17.8 Å². The van der Waals surface area contributed by atoms with Crippen LogP contribution < -0.4 is 21.7 Å². The number of aromatic nitrogens is 3. The van der Waals surface area contributed by atoms with E-state index in [4.69, 9.17) is 5.73 Å². The Labute approximate surface area is 188 Å². The van der Waals surface area contributed by atoms with Crippen molar-refractivity contribution in [2.24, 2.45) is 11.7 Å². The summed E-state index contributed by atoms with van der Waals surface area (Å²) in [7, 11) is 0. The molecule has 174 valence electrons. The number of phenols is 1. The average Bonchev–Trinajstić information content (AvgIpc) is 3.05. The fourth-order valence-electron chi connectivity index (χ4n) is 4.61. The van der Waals surface area contributed by atoms with E-state index in [2.05, 4.69) is 30.9 Å². The molecule has 0 atom stereocenters. The van der Waals surface area contributed by atoms with Crippen molar-refractivity contribution in [3.63, 3.8) is 0 Å². The lowest BCUT2D eigenvalue weighted by molar-refractivity contribution is 0.344. The summed E-state index contributed by atoms with van der Waals surface area (Å²) in [5.41, 5.74) is 6.28. The van der Waals surface area contributed by atoms with Crippen molar-refractivity contribution in [2.75, 3.05) is 22.5 Å². The molecule has 2 saturated carbocycles. The van der Waals surface area contributed by atoms with Crippen LogP contribution in [0, 0.1) is 11.7 Å². The number of rotatable bonds is 7. The number of hydrogen-bond acceptors (Lipinski definition) is 8. The Morgan fingerprint density at radius 2 is 1.44 bits per heavy atom. The van der Waals surface area contributed by atoms with E-state index < -0.39 is 11.6 Å². The van der Waals surface area contributed by atoms with Gasteiger partial charge in [-0.15, -0.1) is 0 Å². The van der Waals surface area contributed by atoms with Crippen LogP contribution in [-0.4, -0.2) is 38.7 Å². The van der Waals surface area contributed by atoms with Crippen molar-refractivity contribution in [1.29, 1.82) is 0 Å². The van der Waals surface area contributed by atoms with E-state index in [9.17, 15) is 9.50 Å². The van der Waals surface area contributed by atoms with E-state index in [1.807, 2.05) is 0 Å².